The summed E-state index contributed by atoms with van der Waals surface area (Å²) in [5.41, 5.74) is 1.81. The summed E-state index contributed by atoms with van der Waals surface area (Å²) >= 11 is 3.47. The number of fused-ring (bicyclic) bond motifs is 1. The third kappa shape index (κ3) is 2.36. The van der Waals surface area contributed by atoms with Crippen molar-refractivity contribution in [1.29, 1.82) is 0 Å². The van der Waals surface area contributed by atoms with Crippen LogP contribution in [-0.2, 0) is 0 Å². The Morgan fingerprint density at radius 3 is 2.89 bits per heavy atom. The van der Waals surface area contributed by atoms with Gasteiger partial charge in [0.1, 0.15) is 17.2 Å². The van der Waals surface area contributed by atoms with Gasteiger partial charge in [-0.25, -0.2) is 0 Å². The average Bonchev–Trinajstić information content (AvgIpc) is 2.46. The smallest absolute Gasteiger partial charge is 0.163 e. The first-order valence-corrected chi connectivity index (χ1v) is 6.70. The summed E-state index contributed by atoms with van der Waals surface area (Å²) < 4.78 is 12.3. The van der Waals surface area contributed by atoms with E-state index in [1.807, 2.05) is 42.5 Å². The Hall–Kier alpha value is -1.81. The lowest BCUT2D eigenvalue weighted by Gasteiger charge is -2.22. The first kappa shape index (κ1) is 12.2. The molecule has 0 amide bonds. The molecule has 2 aromatic rings. The molecule has 0 saturated carbocycles. The zero-order chi connectivity index (χ0) is 13.2. The fourth-order valence-corrected chi connectivity index (χ4v) is 2.43. The number of ether oxygens (including phenoxy) is 2. The summed E-state index contributed by atoms with van der Waals surface area (Å²) in [6.45, 7) is 0. The number of aliphatic imine (C=N–C) groups is 1. The summed E-state index contributed by atoms with van der Waals surface area (Å²) in [6.07, 6.45) is 1.56. The van der Waals surface area contributed by atoms with Crippen LogP contribution in [0.2, 0.25) is 0 Å². The topological polar surface area (TPSA) is 30.8 Å². The summed E-state index contributed by atoms with van der Waals surface area (Å²) in [4.78, 5) is 4.44. The van der Waals surface area contributed by atoms with Gasteiger partial charge in [-0.2, -0.15) is 0 Å². The molecule has 0 radical (unpaired) electrons. The second-order valence-electron chi connectivity index (χ2n) is 4.17. The molecule has 0 spiro atoms. The van der Waals surface area contributed by atoms with Crippen LogP contribution in [0.4, 0.5) is 5.69 Å². The van der Waals surface area contributed by atoms with E-state index in [-0.39, 0.29) is 6.10 Å². The molecule has 19 heavy (non-hydrogen) atoms. The molecule has 3 rings (SSSR count). The van der Waals surface area contributed by atoms with Crippen molar-refractivity contribution in [1.82, 2.24) is 0 Å². The standard InChI is InChI=1S/C15H12BrNO2/c1-18-13-7-6-10(16)8-11(13)15-9-17-12-4-2-3-5-14(12)19-15/h2-9,15H,1H3. The second-order valence-corrected chi connectivity index (χ2v) is 5.09. The fraction of sp³-hybridized carbons (Fsp3) is 0.133. The minimum absolute atomic E-state index is 0.234. The highest BCUT2D eigenvalue weighted by atomic mass is 79.9. The molecule has 3 nitrogen and oxygen atoms in total. The van der Waals surface area contributed by atoms with Gasteiger partial charge in [0.25, 0.3) is 0 Å². The molecule has 96 valence electrons. The van der Waals surface area contributed by atoms with Crippen LogP contribution in [0.15, 0.2) is 51.9 Å². The Balaban J connectivity index is 2.00. The van der Waals surface area contributed by atoms with Gasteiger partial charge in [-0.15, -0.1) is 0 Å². The van der Waals surface area contributed by atoms with Crippen LogP contribution in [-0.4, -0.2) is 13.3 Å². The Labute approximate surface area is 120 Å². The molecule has 1 heterocycles. The third-order valence-corrected chi connectivity index (χ3v) is 3.46. The maximum absolute atomic E-state index is 5.97. The molecule has 1 atom stereocenters. The number of hydrogen-bond donors (Lipinski definition) is 0. The average molecular weight is 318 g/mol. The molecule has 0 aliphatic carbocycles. The predicted molar refractivity (Wildman–Crippen MR) is 78.7 cm³/mol. The molecule has 1 unspecified atom stereocenters. The number of benzene rings is 2. The Bertz CT molecular complexity index is 640. The number of nitrogens with zero attached hydrogens (tertiary/aromatic N) is 1. The van der Waals surface area contributed by atoms with Crippen LogP contribution in [0.3, 0.4) is 0 Å². The quantitative estimate of drug-likeness (QED) is 0.827. The molecular formula is C15H12BrNO2. The summed E-state index contributed by atoms with van der Waals surface area (Å²) in [7, 11) is 1.65. The lowest BCUT2D eigenvalue weighted by atomic mass is 10.1. The molecule has 0 saturated heterocycles. The van der Waals surface area contributed by atoms with Crippen molar-refractivity contribution < 1.29 is 9.47 Å². The van der Waals surface area contributed by atoms with Crippen LogP contribution < -0.4 is 9.47 Å². The van der Waals surface area contributed by atoms with E-state index in [2.05, 4.69) is 20.9 Å². The van der Waals surface area contributed by atoms with Crippen LogP contribution in [0.5, 0.6) is 11.5 Å². The van der Waals surface area contributed by atoms with E-state index in [0.29, 0.717) is 0 Å². The molecule has 1 aliphatic rings. The lowest BCUT2D eigenvalue weighted by Crippen LogP contribution is -2.13. The van der Waals surface area contributed by atoms with Gasteiger partial charge in [0.15, 0.2) is 6.10 Å². The van der Waals surface area contributed by atoms with E-state index in [0.717, 1.165) is 27.2 Å². The molecule has 4 heteroatoms. The Morgan fingerprint density at radius 1 is 1.21 bits per heavy atom. The monoisotopic (exact) mass is 317 g/mol. The highest BCUT2D eigenvalue weighted by Crippen LogP contribution is 2.37. The van der Waals surface area contributed by atoms with Crippen LogP contribution in [0.1, 0.15) is 11.7 Å². The molecule has 1 aliphatic heterocycles. The van der Waals surface area contributed by atoms with Gasteiger partial charge < -0.3 is 9.47 Å². The van der Waals surface area contributed by atoms with Crippen LogP contribution in [0, 0.1) is 0 Å². The van der Waals surface area contributed by atoms with Crippen molar-refractivity contribution in [2.45, 2.75) is 6.10 Å². The van der Waals surface area contributed by atoms with Gasteiger partial charge in [0, 0.05) is 10.0 Å². The van der Waals surface area contributed by atoms with Gasteiger partial charge >= 0.3 is 0 Å². The summed E-state index contributed by atoms with van der Waals surface area (Å²) in [6, 6.07) is 13.6. The first-order valence-electron chi connectivity index (χ1n) is 5.91. The van der Waals surface area contributed by atoms with Gasteiger partial charge in [-0.3, -0.25) is 4.99 Å². The van der Waals surface area contributed by atoms with E-state index in [1.54, 1.807) is 13.3 Å². The van der Waals surface area contributed by atoms with Crippen molar-refractivity contribution in [2.24, 2.45) is 4.99 Å². The summed E-state index contributed by atoms with van der Waals surface area (Å²) in [5, 5.41) is 0. The third-order valence-electron chi connectivity index (χ3n) is 2.97. The number of hydrogen-bond acceptors (Lipinski definition) is 3. The van der Waals surface area contributed by atoms with Gasteiger partial charge in [0.05, 0.1) is 13.3 Å². The zero-order valence-electron chi connectivity index (χ0n) is 10.3. The first-order chi connectivity index (χ1) is 9.28. The highest BCUT2D eigenvalue weighted by Gasteiger charge is 2.21. The highest BCUT2D eigenvalue weighted by molar-refractivity contribution is 9.10. The van der Waals surface area contributed by atoms with E-state index in [1.165, 1.54) is 0 Å². The second kappa shape index (κ2) is 5.05. The van der Waals surface area contributed by atoms with Crippen LogP contribution >= 0.6 is 15.9 Å². The van der Waals surface area contributed by atoms with Crippen molar-refractivity contribution in [3.8, 4) is 11.5 Å². The van der Waals surface area contributed by atoms with E-state index >= 15 is 0 Å². The van der Waals surface area contributed by atoms with E-state index in [4.69, 9.17) is 9.47 Å². The largest absolute Gasteiger partial charge is 0.496 e. The molecule has 0 N–H and O–H groups in total. The van der Waals surface area contributed by atoms with Gasteiger partial charge in [-0.05, 0) is 30.3 Å². The Morgan fingerprint density at radius 2 is 2.05 bits per heavy atom. The Kier molecular flexibility index (Phi) is 3.25. The lowest BCUT2D eigenvalue weighted by molar-refractivity contribution is 0.267. The van der Waals surface area contributed by atoms with Crippen LogP contribution in [0.25, 0.3) is 0 Å². The van der Waals surface area contributed by atoms with Crippen molar-refractivity contribution >= 4 is 27.8 Å². The van der Waals surface area contributed by atoms with Crippen molar-refractivity contribution in [3.05, 3.63) is 52.5 Å². The molecule has 0 fully saturated rings. The number of para-hydroxylation sites is 2. The normalized spacial score (nSPS) is 16.6. The van der Waals surface area contributed by atoms with E-state index in [9.17, 15) is 0 Å². The van der Waals surface area contributed by atoms with E-state index < -0.39 is 0 Å². The molecule has 0 bridgehead atoms. The summed E-state index contributed by atoms with van der Waals surface area (Å²) in [5.74, 6) is 1.58. The zero-order valence-corrected chi connectivity index (χ0v) is 11.9. The minimum atomic E-state index is -0.234. The number of rotatable bonds is 2. The maximum Gasteiger partial charge on any atom is 0.163 e. The molecular weight excluding hydrogens is 306 g/mol. The SMILES string of the molecule is COc1ccc(Br)cc1C1C=Nc2ccccc2O1. The fourth-order valence-electron chi connectivity index (χ4n) is 2.05. The maximum atomic E-state index is 5.97. The molecule has 0 aromatic heterocycles. The number of halogens is 1. The van der Waals surface area contributed by atoms with Crippen molar-refractivity contribution in [3.63, 3.8) is 0 Å². The predicted octanol–water partition coefficient (Wildman–Crippen LogP) is 4.29. The molecule has 2 aromatic carbocycles. The van der Waals surface area contributed by atoms with Gasteiger partial charge in [-0.1, -0.05) is 28.1 Å². The minimum Gasteiger partial charge on any atom is -0.496 e. The number of methoxy groups -OCH3 is 1. The van der Waals surface area contributed by atoms with Crippen molar-refractivity contribution in [2.75, 3.05) is 7.11 Å². The van der Waals surface area contributed by atoms with Gasteiger partial charge in [0.2, 0.25) is 0 Å².